The van der Waals surface area contributed by atoms with Crippen molar-refractivity contribution in [2.24, 2.45) is 0 Å². The number of H-pyrrole nitrogens is 1. The number of aromatic amines is 1. The lowest BCUT2D eigenvalue weighted by molar-refractivity contribution is 0.173. The topological polar surface area (TPSA) is 52.2 Å². The van der Waals surface area contributed by atoms with Crippen molar-refractivity contribution >= 4 is 6.03 Å². The Balaban J connectivity index is 2.50. The van der Waals surface area contributed by atoms with Crippen LogP contribution in [0.2, 0.25) is 0 Å². The van der Waals surface area contributed by atoms with Crippen LogP contribution in [-0.2, 0) is 6.54 Å². The third-order valence-electron chi connectivity index (χ3n) is 2.10. The van der Waals surface area contributed by atoms with Gasteiger partial charge in [-0.2, -0.15) is 5.10 Å². The molecule has 1 aromatic rings. The van der Waals surface area contributed by atoms with E-state index in [0.29, 0.717) is 13.1 Å². The van der Waals surface area contributed by atoms with Crippen LogP contribution in [0.3, 0.4) is 0 Å². The first-order valence-corrected chi connectivity index (χ1v) is 4.59. The van der Waals surface area contributed by atoms with Gasteiger partial charge in [0.05, 0.1) is 12.7 Å². The van der Waals surface area contributed by atoms with E-state index in [-0.39, 0.29) is 6.03 Å². The average Bonchev–Trinajstić information content (AvgIpc) is 2.68. The largest absolute Gasteiger partial charge is 0.328 e. The maximum atomic E-state index is 11.6. The van der Waals surface area contributed by atoms with Crippen LogP contribution in [0.25, 0.3) is 0 Å². The van der Waals surface area contributed by atoms with Crippen LogP contribution in [0, 0.1) is 0 Å². The number of nitrogens with zero attached hydrogens (tertiary/aromatic N) is 3. The van der Waals surface area contributed by atoms with Gasteiger partial charge in [-0.3, -0.25) is 5.10 Å². The van der Waals surface area contributed by atoms with Crippen molar-refractivity contribution < 1.29 is 4.79 Å². The second-order valence-electron chi connectivity index (χ2n) is 3.26. The first-order valence-electron chi connectivity index (χ1n) is 4.59. The van der Waals surface area contributed by atoms with Crippen LogP contribution in [-0.4, -0.2) is 46.7 Å². The third-order valence-corrected chi connectivity index (χ3v) is 2.10. The van der Waals surface area contributed by atoms with E-state index in [0.717, 1.165) is 5.56 Å². The SMILES string of the molecule is CCN(C)C(=O)N(C)Cc1cn[nH]c1. The van der Waals surface area contributed by atoms with Gasteiger partial charge in [-0.1, -0.05) is 0 Å². The van der Waals surface area contributed by atoms with Crippen LogP contribution in [0.15, 0.2) is 12.4 Å². The molecule has 0 aliphatic rings. The van der Waals surface area contributed by atoms with Crippen LogP contribution < -0.4 is 0 Å². The van der Waals surface area contributed by atoms with E-state index in [1.165, 1.54) is 0 Å². The average molecular weight is 196 g/mol. The van der Waals surface area contributed by atoms with Crippen molar-refractivity contribution in [1.29, 1.82) is 0 Å². The lowest BCUT2D eigenvalue weighted by Gasteiger charge is -2.23. The van der Waals surface area contributed by atoms with Crippen molar-refractivity contribution in [1.82, 2.24) is 20.0 Å². The second-order valence-corrected chi connectivity index (χ2v) is 3.26. The van der Waals surface area contributed by atoms with Gasteiger partial charge in [0, 0.05) is 32.4 Å². The van der Waals surface area contributed by atoms with Gasteiger partial charge in [0.1, 0.15) is 0 Å². The van der Waals surface area contributed by atoms with E-state index in [4.69, 9.17) is 0 Å². The minimum Gasteiger partial charge on any atom is -0.328 e. The number of hydrogen-bond donors (Lipinski definition) is 1. The molecule has 0 unspecified atom stereocenters. The summed E-state index contributed by atoms with van der Waals surface area (Å²) in [4.78, 5) is 14.9. The van der Waals surface area contributed by atoms with Gasteiger partial charge < -0.3 is 9.80 Å². The highest BCUT2D eigenvalue weighted by molar-refractivity contribution is 5.73. The standard InChI is InChI=1S/C9H16N4O/c1-4-12(2)9(14)13(3)7-8-5-10-11-6-8/h5-6H,4,7H2,1-3H3,(H,10,11). The zero-order valence-corrected chi connectivity index (χ0v) is 8.82. The molecular formula is C9H16N4O. The number of amides is 2. The minimum absolute atomic E-state index is 0.0219. The predicted octanol–water partition coefficient (Wildman–Crippen LogP) is 0.913. The van der Waals surface area contributed by atoms with E-state index in [1.807, 2.05) is 6.92 Å². The van der Waals surface area contributed by atoms with Crippen LogP contribution in [0.4, 0.5) is 4.79 Å². The Morgan fingerprint density at radius 3 is 2.71 bits per heavy atom. The highest BCUT2D eigenvalue weighted by Crippen LogP contribution is 2.02. The molecule has 2 amide bonds. The molecule has 0 atom stereocenters. The number of nitrogens with one attached hydrogen (secondary N) is 1. The Morgan fingerprint density at radius 1 is 1.50 bits per heavy atom. The molecule has 0 saturated heterocycles. The summed E-state index contributed by atoms with van der Waals surface area (Å²) >= 11 is 0. The number of hydrogen-bond acceptors (Lipinski definition) is 2. The first-order chi connectivity index (χ1) is 6.65. The molecule has 5 nitrogen and oxygen atoms in total. The summed E-state index contributed by atoms with van der Waals surface area (Å²) in [6.45, 7) is 3.25. The van der Waals surface area contributed by atoms with Gasteiger partial charge in [0.25, 0.3) is 0 Å². The smallest absolute Gasteiger partial charge is 0.319 e. The van der Waals surface area contributed by atoms with E-state index in [2.05, 4.69) is 10.2 Å². The van der Waals surface area contributed by atoms with Crippen molar-refractivity contribution in [3.63, 3.8) is 0 Å². The lowest BCUT2D eigenvalue weighted by atomic mass is 10.3. The predicted molar refractivity (Wildman–Crippen MR) is 53.8 cm³/mol. The zero-order valence-electron chi connectivity index (χ0n) is 8.82. The Kier molecular flexibility index (Phi) is 3.50. The summed E-state index contributed by atoms with van der Waals surface area (Å²) in [5, 5.41) is 6.54. The normalized spacial score (nSPS) is 9.93. The van der Waals surface area contributed by atoms with Gasteiger partial charge in [0.15, 0.2) is 0 Å². The van der Waals surface area contributed by atoms with Gasteiger partial charge in [-0.25, -0.2) is 4.79 Å². The van der Waals surface area contributed by atoms with Gasteiger partial charge in [-0.15, -0.1) is 0 Å². The molecular weight excluding hydrogens is 180 g/mol. The number of aromatic nitrogens is 2. The maximum Gasteiger partial charge on any atom is 0.319 e. The maximum absolute atomic E-state index is 11.6. The van der Waals surface area contributed by atoms with Crippen LogP contribution in [0.1, 0.15) is 12.5 Å². The molecule has 0 saturated carbocycles. The highest BCUT2D eigenvalue weighted by Gasteiger charge is 2.12. The molecule has 78 valence electrons. The molecule has 1 rings (SSSR count). The van der Waals surface area contributed by atoms with Crippen molar-refractivity contribution in [3.8, 4) is 0 Å². The van der Waals surface area contributed by atoms with Crippen molar-refractivity contribution in [2.45, 2.75) is 13.5 Å². The summed E-state index contributed by atoms with van der Waals surface area (Å²) in [7, 11) is 3.57. The van der Waals surface area contributed by atoms with Crippen LogP contribution >= 0.6 is 0 Å². The Morgan fingerprint density at radius 2 is 2.21 bits per heavy atom. The van der Waals surface area contributed by atoms with Gasteiger partial charge in [-0.05, 0) is 6.92 Å². The molecule has 0 spiro atoms. The number of carbonyl (C=O) groups is 1. The molecule has 0 fully saturated rings. The quantitative estimate of drug-likeness (QED) is 0.781. The minimum atomic E-state index is 0.0219. The summed E-state index contributed by atoms with van der Waals surface area (Å²) in [6, 6.07) is 0.0219. The molecule has 0 aromatic carbocycles. The van der Waals surface area contributed by atoms with Crippen molar-refractivity contribution in [2.75, 3.05) is 20.6 Å². The molecule has 0 aliphatic heterocycles. The second kappa shape index (κ2) is 4.64. The molecule has 1 heterocycles. The Bertz CT molecular complexity index is 283. The Hall–Kier alpha value is -1.52. The van der Waals surface area contributed by atoms with E-state index >= 15 is 0 Å². The molecule has 0 aliphatic carbocycles. The molecule has 0 radical (unpaired) electrons. The van der Waals surface area contributed by atoms with E-state index < -0.39 is 0 Å². The monoisotopic (exact) mass is 196 g/mol. The number of urea groups is 1. The van der Waals surface area contributed by atoms with E-state index in [9.17, 15) is 4.79 Å². The molecule has 0 bridgehead atoms. The lowest BCUT2D eigenvalue weighted by Crippen LogP contribution is -2.38. The van der Waals surface area contributed by atoms with Crippen molar-refractivity contribution in [3.05, 3.63) is 18.0 Å². The fraction of sp³-hybridized carbons (Fsp3) is 0.556. The highest BCUT2D eigenvalue weighted by atomic mass is 16.2. The first kappa shape index (κ1) is 10.6. The van der Waals surface area contributed by atoms with Gasteiger partial charge >= 0.3 is 6.03 Å². The zero-order chi connectivity index (χ0) is 10.6. The molecule has 1 N–H and O–H groups in total. The fourth-order valence-electron chi connectivity index (χ4n) is 1.13. The summed E-state index contributed by atoms with van der Waals surface area (Å²) in [5.74, 6) is 0. The van der Waals surface area contributed by atoms with Gasteiger partial charge in [0.2, 0.25) is 0 Å². The third kappa shape index (κ3) is 2.48. The Labute approximate surface area is 83.7 Å². The van der Waals surface area contributed by atoms with E-state index in [1.54, 1.807) is 36.3 Å². The molecule has 5 heteroatoms. The summed E-state index contributed by atoms with van der Waals surface area (Å²) in [5.41, 5.74) is 1.00. The molecule has 14 heavy (non-hydrogen) atoms. The fourth-order valence-corrected chi connectivity index (χ4v) is 1.13. The van der Waals surface area contributed by atoms with Crippen LogP contribution in [0.5, 0.6) is 0 Å². The summed E-state index contributed by atoms with van der Waals surface area (Å²) < 4.78 is 0. The summed E-state index contributed by atoms with van der Waals surface area (Å²) in [6.07, 6.45) is 3.51. The number of carbonyl (C=O) groups excluding carboxylic acids is 1. The number of rotatable bonds is 3. The molecule has 1 aromatic heterocycles.